The number of fused-ring (bicyclic) bond motifs is 2. The van der Waals surface area contributed by atoms with Crippen molar-refractivity contribution in [3.8, 4) is 33.8 Å². The van der Waals surface area contributed by atoms with Gasteiger partial charge in [0.1, 0.15) is 47.4 Å². The molecule has 0 unspecified atom stereocenters. The third-order valence-corrected chi connectivity index (χ3v) is 12.9. The summed E-state index contributed by atoms with van der Waals surface area (Å²) in [7, 11) is 3.12. The van der Waals surface area contributed by atoms with Crippen LogP contribution in [0.2, 0.25) is 0 Å². The lowest BCUT2D eigenvalue weighted by atomic mass is 9.92. The zero-order valence-corrected chi connectivity index (χ0v) is 38.5. The van der Waals surface area contributed by atoms with Crippen LogP contribution in [0.3, 0.4) is 0 Å². The maximum Gasteiger partial charge on any atom is 0.257 e. The van der Waals surface area contributed by atoms with Crippen molar-refractivity contribution in [3.63, 3.8) is 0 Å². The van der Waals surface area contributed by atoms with Crippen LogP contribution >= 0.6 is 0 Å². The minimum atomic E-state index is -0.319. The Hall–Kier alpha value is -7.74. The van der Waals surface area contributed by atoms with Crippen LogP contribution in [0.4, 0.5) is 13.2 Å². The lowest BCUT2D eigenvalue weighted by Gasteiger charge is -2.32. The van der Waals surface area contributed by atoms with E-state index in [4.69, 9.17) is 14.3 Å². The minimum absolute atomic E-state index is 0.00382. The van der Waals surface area contributed by atoms with Crippen LogP contribution in [0.5, 0.6) is 11.5 Å². The molecule has 0 spiro atoms. The number of halogens is 3. The average molecular weight is 935 g/mol. The van der Waals surface area contributed by atoms with Crippen molar-refractivity contribution >= 4 is 40.7 Å². The molecule has 8 aromatic rings. The number of carbonyl (C=O) groups is 3. The zero-order chi connectivity index (χ0) is 48.4. The number of ether oxygens (including phenoxy) is 2. The predicted molar refractivity (Wildman–Crippen MR) is 261 cm³/mol. The predicted octanol–water partition coefficient (Wildman–Crippen LogP) is 10.9. The smallest absolute Gasteiger partial charge is 0.257 e. The molecule has 0 saturated carbocycles. The Morgan fingerprint density at radius 3 is 1.49 bits per heavy atom. The number of H-pyrrole nitrogens is 2. The Kier molecular flexibility index (Phi) is 15.2. The molecular weight excluding hydrogens is 882 g/mol. The van der Waals surface area contributed by atoms with Gasteiger partial charge in [-0.05, 0) is 109 Å². The van der Waals surface area contributed by atoms with Crippen LogP contribution in [0.1, 0.15) is 58.0 Å². The van der Waals surface area contributed by atoms with E-state index in [0.717, 1.165) is 72.3 Å². The number of nitrogens with zero attached hydrogens (tertiary/aromatic N) is 4. The molecule has 354 valence electrons. The van der Waals surface area contributed by atoms with Crippen molar-refractivity contribution in [2.24, 2.45) is 11.8 Å². The van der Waals surface area contributed by atoms with E-state index < -0.39 is 0 Å². The van der Waals surface area contributed by atoms with Gasteiger partial charge in [-0.3, -0.25) is 9.59 Å². The van der Waals surface area contributed by atoms with Crippen LogP contribution < -0.4 is 9.47 Å². The number of hydrogen-bond acceptors (Lipinski definition) is 7. The van der Waals surface area contributed by atoms with Crippen molar-refractivity contribution in [3.05, 3.63) is 168 Å². The van der Waals surface area contributed by atoms with E-state index in [9.17, 15) is 22.8 Å². The number of carbonyl (C=O) groups excluding carboxylic acids is 3. The fourth-order valence-corrected chi connectivity index (χ4v) is 9.23. The molecule has 0 atom stereocenters. The molecule has 2 N–H and O–H groups in total. The number of likely N-dealkylation sites (tertiary alicyclic amines) is 2. The number of amides is 2. The molecule has 2 aromatic heterocycles. The summed E-state index contributed by atoms with van der Waals surface area (Å²) in [4.78, 5) is 53.8. The van der Waals surface area contributed by atoms with Crippen LogP contribution in [0, 0.1) is 29.3 Å². The first kappa shape index (κ1) is 47.7. The summed E-state index contributed by atoms with van der Waals surface area (Å²) in [5, 5.41) is 0. The summed E-state index contributed by atoms with van der Waals surface area (Å²) in [5.74, 6) is 2.59. The number of piperidine rings is 2. The second kappa shape index (κ2) is 21.9. The van der Waals surface area contributed by atoms with Crippen molar-refractivity contribution < 1.29 is 37.0 Å². The second-order valence-corrected chi connectivity index (χ2v) is 17.2. The summed E-state index contributed by atoms with van der Waals surface area (Å²) in [6.45, 7) is 4.66. The normalized spacial score (nSPS) is 14.2. The summed E-state index contributed by atoms with van der Waals surface area (Å²) in [6, 6.07) is 36.7. The first-order valence-corrected chi connectivity index (χ1v) is 22.9. The van der Waals surface area contributed by atoms with Gasteiger partial charge in [0, 0.05) is 56.7 Å². The van der Waals surface area contributed by atoms with Gasteiger partial charge in [0.2, 0.25) is 0 Å². The van der Waals surface area contributed by atoms with Gasteiger partial charge >= 0.3 is 0 Å². The van der Waals surface area contributed by atoms with Crippen molar-refractivity contribution in [2.45, 2.75) is 38.5 Å². The number of imidazole rings is 2. The molecule has 0 aliphatic carbocycles. The Morgan fingerprint density at radius 1 is 0.565 bits per heavy atom. The van der Waals surface area contributed by atoms with Gasteiger partial charge in [-0.2, -0.15) is 0 Å². The van der Waals surface area contributed by atoms with Crippen LogP contribution in [-0.2, 0) is 17.6 Å². The molecule has 2 amide bonds. The van der Waals surface area contributed by atoms with Gasteiger partial charge in [-0.15, -0.1) is 0 Å². The van der Waals surface area contributed by atoms with Gasteiger partial charge < -0.3 is 34.0 Å². The summed E-state index contributed by atoms with van der Waals surface area (Å²) in [6.07, 6.45) is 5.08. The van der Waals surface area contributed by atoms with Gasteiger partial charge in [0.15, 0.2) is 0 Å². The first-order chi connectivity index (χ1) is 33.6. The monoisotopic (exact) mass is 934 g/mol. The lowest BCUT2D eigenvalue weighted by molar-refractivity contribution is -0.0980. The van der Waals surface area contributed by atoms with Crippen molar-refractivity contribution in [1.29, 1.82) is 0 Å². The highest BCUT2D eigenvalue weighted by atomic mass is 19.1. The lowest BCUT2D eigenvalue weighted by Crippen LogP contribution is -2.39. The van der Waals surface area contributed by atoms with E-state index in [2.05, 4.69) is 19.9 Å². The van der Waals surface area contributed by atoms with Crippen LogP contribution in [0.25, 0.3) is 44.3 Å². The minimum Gasteiger partial charge on any atom is -0.496 e. The van der Waals surface area contributed by atoms with Crippen LogP contribution in [0.15, 0.2) is 127 Å². The molecule has 2 aliphatic rings. The van der Waals surface area contributed by atoms with Crippen molar-refractivity contribution in [2.75, 3.05) is 40.4 Å². The molecule has 11 nitrogen and oxygen atoms in total. The number of benzene rings is 6. The van der Waals surface area contributed by atoms with Crippen LogP contribution in [-0.4, -0.2) is 88.7 Å². The quantitative estimate of drug-likeness (QED) is 0.139. The molecule has 0 bridgehead atoms. The molecule has 69 heavy (non-hydrogen) atoms. The second-order valence-electron chi connectivity index (χ2n) is 17.2. The molecule has 2 saturated heterocycles. The molecular formula is C55H53F3N6O5. The molecule has 14 heteroatoms. The highest BCUT2D eigenvalue weighted by Crippen LogP contribution is 2.33. The van der Waals surface area contributed by atoms with E-state index in [1.165, 1.54) is 37.4 Å². The first-order valence-electron chi connectivity index (χ1n) is 22.9. The third kappa shape index (κ3) is 11.2. The maximum atomic E-state index is 14.2. The number of nitrogens with one attached hydrogen (secondary N) is 2. The molecule has 6 aromatic carbocycles. The SMILES string of the molecule is C=O.COc1cc(-c2ccccc2)ccc1C(=O)N1CCC(Cc2nc3cc(F)ccc3[nH]2)CC1.COc1cc(-c2ccccc2F)ccc1C(=O)N1CCC(Cc2nc3cc(F)ccc3[nH]2)CC1. The Bertz CT molecular complexity index is 3050. The molecule has 10 rings (SSSR count). The van der Waals surface area contributed by atoms with E-state index in [-0.39, 0.29) is 29.3 Å². The highest BCUT2D eigenvalue weighted by Gasteiger charge is 2.28. The van der Waals surface area contributed by atoms with E-state index in [1.54, 1.807) is 55.6 Å². The molecule has 4 heterocycles. The standard InChI is InChI=1S/C27H25F2N3O2.C27H26FN3O2.CH2O/c1-34-25-15-18(20-4-2-3-5-22(20)29)6-8-21(25)27(33)32-12-10-17(11-13-32)14-26-30-23-9-7-19(28)16-24(23)31-26;1-33-25-16-20(19-5-3-2-4-6-19)7-9-22(25)27(32)31-13-11-18(12-14-31)15-26-29-23-10-8-21(28)17-24(23)30-26;1-2/h2-9,15-17H,10-14H2,1H3,(H,30,31);2-10,16-18H,11-15H2,1H3,(H,29,30);1H2. The van der Waals surface area contributed by atoms with Gasteiger partial charge in [0.25, 0.3) is 11.8 Å². The van der Waals surface area contributed by atoms with Gasteiger partial charge in [-0.25, -0.2) is 23.1 Å². The Balaban J connectivity index is 0.000000180. The van der Waals surface area contributed by atoms with Gasteiger partial charge in [0.05, 0.1) is 47.4 Å². The van der Waals surface area contributed by atoms with E-state index in [1.807, 2.05) is 65.1 Å². The van der Waals surface area contributed by atoms with Gasteiger partial charge in [-0.1, -0.05) is 60.7 Å². The zero-order valence-electron chi connectivity index (χ0n) is 38.5. The summed E-state index contributed by atoms with van der Waals surface area (Å²) < 4.78 is 52.1. The number of hydrogen-bond donors (Lipinski definition) is 2. The Morgan fingerprint density at radius 2 is 1.01 bits per heavy atom. The fourth-order valence-electron chi connectivity index (χ4n) is 9.23. The Labute approximate surface area is 398 Å². The number of aromatic amines is 2. The molecule has 2 aliphatic heterocycles. The van der Waals surface area contributed by atoms with Crippen molar-refractivity contribution in [1.82, 2.24) is 29.7 Å². The summed E-state index contributed by atoms with van der Waals surface area (Å²) in [5.41, 5.74) is 7.27. The number of rotatable bonds is 10. The average Bonchev–Trinajstić information content (AvgIpc) is 3.99. The highest BCUT2D eigenvalue weighted by molar-refractivity contribution is 5.98. The topological polar surface area (TPSA) is 134 Å². The van der Waals surface area contributed by atoms with E-state index >= 15 is 0 Å². The number of aromatic nitrogens is 4. The van der Waals surface area contributed by atoms with E-state index in [0.29, 0.717) is 82.8 Å². The third-order valence-electron chi connectivity index (χ3n) is 12.9. The largest absolute Gasteiger partial charge is 0.496 e. The maximum absolute atomic E-state index is 14.2. The molecule has 2 fully saturated rings. The molecule has 0 radical (unpaired) electrons. The summed E-state index contributed by atoms with van der Waals surface area (Å²) >= 11 is 0. The number of methoxy groups -OCH3 is 2. The fraction of sp³-hybridized carbons (Fsp3) is 0.255.